The fourth-order valence-corrected chi connectivity index (χ4v) is 2.13. The number of halogens is 1. The van der Waals surface area contributed by atoms with Gasteiger partial charge in [0.15, 0.2) is 23.0 Å². The first-order valence-corrected chi connectivity index (χ1v) is 6.08. The Morgan fingerprint density at radius 1 is 1.30 bits per heavy atom. The fourth-order valence-electron chi connectivity index (χ4n) is 2.13. The Morgan fingerprint density at radius 3 is 2.85 bits per heavy atom. The van der Waals surface area contributed by atoms with E-state index in [1.165, 1.54) is 13.2 Å². The monoisotopic (exact) mass is 272 g/mol. The maximum absolute atomic E-state index is 13.8. The van der Waals surface area contributed by atoms with Gasteiger partial charge in [0, 0.05) is 25.0 Å². The number of imidazole rings is 1. The number of nitrogens with zero attached hydrogens (tertiary/aromatic N) is 3. The quantitative estimate of drug-likeness (QED) is 0.796. The Morgan fingerprint density at radius 2 is 2.15 bits per heavy atom. The first kappa shape index (κ1) is 12.4. The molecule has 6 heteroatoms. The molecule has 0 saturated heterocycles. The van der Waals surface area contributed by atoms with Gasteiger partial charge in [0.05, 0.1) is 19.0 Å². The van der Waals surface area contributed by atoms with Gasteiger partial charge in [-0.1, -0.05) is 0 Å². The Kier molecular flexibility index (Phi) is 2.98. The molecule has 0 amide bonds. The minimum absolute atomic E-state index is 0.222. The number of ether oxygens (including phenoxy) is 1. The highest BCUT2D eigenvalue weighted by molar-refractivity contribution is 5.70. The minimum atomic E-state index is -0.400. The number of hydrogen-bond acceptors (Lipinski definition) is 4. The summed E-state index contributed by atoms with van der Waals surface area (Å²) in [5.74, 6) is 0.496. The molecule has 1 N–H and O–H groups in total. The lowest BCUT2D eigenvalue weighted by Gasteiger charge is -2.06. The molecule has 5 nitrogen and oxygen atoms in total. The van der Waals surface area contributed by atoms with E-state index in [1.807, 2.05) is 4.40 Å². The lowest BCUT2D eigenvalue weighted by molar-refractivity contribution is 0.386. The van der Waals surface area contributed by atoms with E-state index in [0.29, 0.717) is 11.5 Å². The normalized spacial score (nSPS) is 10.8. The Balaban J connectivity index is 2.17. The van der Waals surface area contributed by atoms with E-state index in [9.17, 15) is 4.39 Å². The topological polar surface area (TPSA) is 51.5 Å². The van der Waals surface area contributed by atoms with Crippen LogP contribution in [0.15, 0.2) is 36.8 Å². The van der Waals surface area contributed by atoms with Crippen molar-refractivity contribution in [2.45, 2.75) is 0 Å². The van der Waals surface area contributed by atoms with Crippen LogP contribution in [-0.2, 0) is 0 Å². The van der Waals surface area contributed by atoms with Crippen molar-refractivity contribution < 1.29 is 9.13 Å². The van der Waals surface area contributed by atoms with Crippen LogP contribution in [0.25, 0.3) is 16.9 Å². The van der Waals surface area contributed by atoms with Crippen molar-refractivity contribution in [3.63, 3.8) is 0 Å². The number of fused-ring (bicyclic) bond motifs is 1. The maximum Gasteiger partial charge on any atom is 0.180 e. The molecule has 0 saturated carbocycles. The van der Waals surface area contributed by atoms with Crippen LogP contribution in [0.3, 0.4) is 0 Å². The number of nitrogens with one attached hydrogen (secondary N) is 1. The standard InChI is InChI=1S/C14H13FN4O/c1-16-13-14-18-8-11(19(14)6-5-17-13)9-3-4-12(20-2)10(15)7-9/h3-8H,1-2H3,(H,16,17). The first-order valence-electron chi connectivity index (χ1n) is 6.08. The highest BCUT2D eigenvalue weighted by Crippen LogP contribution is 2.27. The molecular formula is C14H13FN4O. The third-order valence-electron chi connectivity index (χ3n) is 3.11. The molecular weight excluding hydrogens is 259 g/mol. The second kappa shape index (κ2) is 4.80. The lowest BCUT2D eigenvalue weighted by Crippen LogP contribution is -1.97. The van der Waals surface area contributed by atoms with Crippen LogP contribution >= 0.6 is 0 Å². The summed E-state index contributed by atoms with van der Waals surface area (Å²) < 4.78 is 20.6. The highest BCUT2D eigenvalue weighted by Gasteiger charge is 2.11. The minimum Gasteiger partial charge on any atom is -0.494 e. The summed E-state index contributed by atoms with van der Waals surface area (Å²) in [6.07, 6.45) is 5.16. The fraction of sp³-hybridized carbons (Fsp3) is 0.143. The van der Waals surface area contributed by atoms with Gasteiger partial charge in [-0.2, -0.15) is 0 Å². The van der Waals surface area contributed by atoms with Gasteiger partial charge in [0.25, 0.3) is 0 Å². The average molecular weight is 272 g/mol. The number of benzene rings is 1. The number of aromatic nitrogens is 3. The van der Waals surface area contributed by atoms with Crippen LogP contribution in [-0.4, -0.2) is 28.5 Å². The Bertz CT molecular complexity index is 769. The zero-order chi connectivity index (χ0) is 14.1. The molecule has 0 bridgehead atoms. The van der Waals surface area contributed by atoms with Crippen LogP contribution in [0.5, 0.6) is 5.75 Å². The van der Waals surface area contributed by atoms with Crippen LogP contribution in [0, 0.1) is 5.82 Å². The van der Waals surface area contributed by atoms with Gasteiger partial charge in [-0.05, 0) is 18.2 Å². The lowest BCUT2D eigenvalue weighted by atomic mass is 10.1. The maximum atomic E-state index is 13.8. The zero-order valence-corrected chi connectivity index (χ0v) is 11.1. The molecule has 0 aliphatic carbocycles. The van der Waals surface area contributed by atoms with E-state index in [2.05, 4.69) is 15.3 Å². The van der Waals surface area contributed by atoms with E-state index in [4.69, 9.17) is 4.74 Å². The Labute approximate surface area is 115 Å². The molecule has 0 aliphatic rings. The van der Waals surface area contributed by atoms with Gasteiger partial charge in [0.2, 0.25) is 0 Å². The third-order valence-corrected chi connectivity index (χ3v) is 3.11. The number of anilines is 1. The van der Waals surface area contributed by atoms with Crippen LogP contribution in [0.2, 0.25) is 0 Å². The summed E-state index contributed by atoms with van der Waals surface area (Å²) in [6.45, 7) is 0. The third kappa shape index (κ3) is 1.85. The molecule has 20 heavy (non-hydrogen) atoms. The summed E-state index contributed by atoms with van der Waals surface area (Å²) in [4.78, 5) is 8.51. The molecule has 0 atom stereocenters. The second-order valence-corrected chi connectivity index (χ2v) is 4.21. The smallest absolute Gasteiger partial charge is 0.180 e. The summed E-state index contributed by atoms with van der Waals surface area (Å²) in [5.41, 5.74) is 2.21. The van der Waals surface area contributed by atoms with Crippen molar-refractivity contribution in [3.05, 3.63) is 42.6 Å². The summed E-state index contributed by atoms with van der Waals surface area (Å²) in [6, 6.07) is 4.83. The van der Waals surface area contributed by atoms with Crippen molar-refractivity contribution >= 4 is 11.5 Å². The van der Waals surface area contributed by atoms with E-state index < -0.39 is 5.82 Å². The second-order valence-electron chi connectivity index (χ2n) is 4.21. The van der Waals surface area contributed by atoms with Crippen molar-refractivity contribution in [2.24, 2.45) is 0 Å². The van der Waals surface area contributed by atoms with Gasteiger partial charge in [-0.15, -0.1) is 0 Å². The van der Waals surface area contributed by atoms with E-state index in [1.54, 1.807) is 37.8 Å². The number of methoxy groups -OCH3 is 1. The van der Waals surface area contributed by atoms with E-state index in [0.717, 1.165) is 11.3 Å². The highest BCUT2D eigenvalue weighted by atomic mass is 19.1. The average Bonchev–Trinajstić information content (AvgIpc) is 2.91. The van der Waals surface area contributed by atoms with Crippen LogP contribution in [0.4, 0.5) is 10.2 Å². The SMILES string of the molecule is CNc1nccn2c(-c3ccc(OC)c(F)c3)cnc12. The molecule has 0 fully saturated rings. The van der Waals surface area contributed by atoms with Crippen molar-refractivity contribution in [3.8, 4) is 17.0 Å². The Hall–Kier alpha value is -2.63. The van der Waals surface area contributed by atoms with Crippen LogP contribution in [0.1, 0.15) is 0 Å². The molecule has 2 heterocycles. The molecule has 3 aromatic rings. The summed E-state index contributed by atoms with van der Waals surface area (Å²) in [5, 5.41) is 2.98. The first-order chi connectivity index (χ1) is 9.74. The van der Waals surface area contributed by atoms with Gasteiger partial charge >= 0.3 is 0 Å². The van der Waals surface area contributed by atoms with Gasteiger partial charge < -0.3 is 10.1 Å². The predicted molar refractivity (Wildman–Crippen MR) is 74.5 cm³/mol. The molecule has 3 rings (SSSR count). The number of hydrogen-bond donors (Lipinski definition) is 1. The zero-order valence-electron chi connectivity index (χ0n) is 11.1. The molecule has 102 valence electrons. The van der Waals surface area contributed by atoms with Gasteiger partial charge in [-0.25, -0.2) is 14.4 Å². The molecule has 0 unspecified atom stereocenters. The van der Waals surface area contributed by atoms with Gasteiger partial charge in [0.1, 0.15) is 0 Å². The molecule has 1 aromatic carbocycles. The van der Waals surface area contributed by atoms with E-state index in [-0.39, 0.29) is 5.75 Å². The largest absolute Gasteiger partial charge is 0.494 e. The van der Waals surface area contributed by atoms with Crippen LogP contribution < -0.4 is 10.1 Å². The molecule has 0 spiro atoms. The molecule has 2 aromatic heterocycles. The predicted octanol–water partition coefficient (Wildman–Crippen LogP) is 2.59. The molecule has 0 aliphatic heterocycles. The van der Waals surface area contributed by atoms with Crippen molar-refractivity contribution in [1.82, 2.24) is 14.4 Å². The summed E-state index contributed by atoms with van der Waals surface area (Å²) in [7, 11) is 3.22. The molecule has 0 radical (unpaired) electrons. The number of rotatable bonds is 3. The van der Waals surface area contributed by atoms with E-state index >= 15 is 0 Å². The van der Waals surface area contributed by atoms with Gasteiger partial charge in [-0.3, -0.25) is 4.40 Å². The van der Waals surface area contributed by atoms with Crippen molar-refractivity contribution in [2.75, 3.05) is 19.5 Å². The van der Waals surface area contributed by atoms with Crippen molar-refractivity contribution in [1.29, 1.82) is 0 Å². The summed E-state index contributed by atoms with van der Waals surface area (Å²) >= 11 is 0.